The van der Waals surface area contributed by atoms with Crippen LogP contribution in [0.1, 0.15) is 18.4 Å². The van der Waals surface area contributed by atoms with Crippen LogP contribution in [0.2, 0.25) is 0 Å². The highest BCUT2D eigenvalue weighted by atomic mass is 16.5. The van der Waals surface area contributed by atoms with Gasteiger partial charge < -0.3 is 25.1 Å². The molecule has 0 bridgehead atoms. The highest BCUT2D eigenvalue weighted by Gasteiger charge is 2.10. The standard InChI is InChI=1S/C20H23N5O5/c1-29-14-5-3-12(11-15(14)30-2)9-10-21-17(26)7-8-18(27)23-16-6-4-13-19(24-16)25-20(28)22-13/h3-6,11H,7-10H2,1-2H3,(H,21,26)(H3,22,23,24,25,27,28). The van der Waals surface area contributed by atoms with E-state index < -0.39 is 0 Å². The maximum Gasteiger partial charge on any atom is 0.325 e. The summed E-state index contributed by atoms with van der Waals surface area (Å²) in [5.74, 6) is 1.02. The van der Waals surface area contributed by atoms with Crippen LogP contribution in [0.5, 0.6) is 11.5 Å². The lowest BCUT2D eigenvalue weighted by Crippen LogP contribution is -2.26. The molecule has 0 fully saturated rings. The molecule has 2 amide bonds. The van der Waals surface area contributed by atoms with Crippen LogP contribution < -0.4 is 25.8 Å². The van der Waals surface area contributed by atoms with Gasteiger partial charge in [-0.2, -0.15) is 0 Å². The molecule has 0 radical (unpaired) electrons. The molecule has 2 aromatic heterocycles. The van der Waals surface area contributed by atoms with E-state index in [0.29, 0.717) is 41.4 Å². The molecular formula is C20H23N5O5. The van der Waals surface area contributed by atoms with Gasteiger partial charge in [-0.05, 0) is 36.2 Å². The number of aromatic nitrogens is 3. The summed E-state index contributed by atoms with van der Waals surface area (Å²) >= 11 is 0. The van der Waals surface area contributed by atoms with Crippen LogP contribution in [-0.2, 0) is 16.0 Å². The van der Waals surface area contributed by atoms with Gasteiger partial charge in [-0.1, -0.05) is 6.07 Å². The monoisotopic (exact) mass is 413 g/mol. The van der Waals surface area contributed by atoms with Crippen LogP contribution in [0.3, 0.4) is 0 Å². The molecule has 158 valence electrons. The van der Waals surface area contributed by atoms with E-state index in [2.05, 4.69) is 25.6 Å². The molecule has 0 aliphatic rings. The van der Waals surface area contributed by atoms with Crippen LogP contribution in [0, 0.1) is 0 Å². The van der Waals surface area contributed by atoms with Gasteiger partial charge in [0.25, 0.3) is 0 Å². The normalized spacial score (nSPS) is 10.6. The topological polar surface area (TPSA) is 138 Å². The van der Waals surface area contributed by atoms with E-state index >= 15 is 0 Å². The van der Waals surface area contributed by atoms with Gasteiger partial charge in [0, 0.05) is 19.4 Å². The molecule has 0 unspecified atom stereocenters. The van der Waals surface area contributed by atoms with E-state index in [1.807, 2.05) is 18.2 Å². The van der Waals surface area contributed by atoms with Gasteiger partial charge >= 0.3 is 5.69 Å². The largest absolute Gasteiger partial charge is 0.493 e. The molecule has 0 aliphatic heterocycles. The zero-order valence-corrected chi connectivity index (χ0v) is 16.7. The van der Waals surface area contributed by atoms with Crippen molar-refractivity contribution < 1.29 is 19.1 Å². The number of imidazole rings is 1. The number of amides is 2. The molecule has 30 heavy (non-hydrogen) atoms. The number of benzene rings is 1. The van der Waals surface area contributed by atoms with Crippen LogP contribution in [0.15, 0.2) is 35.1 Å². The zero-order valence-electron chi connectivity index (χ0n) is 16.7. The second-order valence-electron chi connectivity index (χ2n) is 6.51. The van der Waals surface area contributed by atoms with Crippen LogP contribution >= 0.6 is 0 Å². The van der Waals surface area contributed by atoms with Gasteiger partial charge in [0.15, 0.2) is 17.1 Å². The molecule has 1 aromatic carbocycles. The minimum absolute atomic E-state index is 0.0194. The Balaban J connectivity index is 1.41. The van der Waals surface area contributed by atoms with E-state index in [-0.39, 0.29) is 30.3 Å². The number of nitrogens with zero attached hydrogens (tertiary/aromatic N) is 1. The molecule has 10 nitrogen and oxygen atoms in total. The fourth-order valence-electron chi connectivity index (χ4n) is 2.89. The average molecular weight is 413 g/mol. The first-order chi connectivity index (χ1) is 14.5. The smallest absolute Gasteiger partial charge is 0.325 e. The average Bonchev–Trinajstić information content (AvgIpc) is 3.11. The number of hydrogen-bond donors (Lipinski definition) is 4. The Morgan fingerprint density at radius 2 is 1.77 bits per heavy atom. The maximum atomic E-state index is 12.0. The highest BCUT2D eigenvalue weighted by molar-refractivity contribution is 5.93. The number of H-pyrrole nitrogens is 2. The fraction of sp³-hybridized carbons (Fsp3) is 0.300. The van der Waals surface area contributed by atoms with E-state index in [1.54, 1.807) is 26.4 Å². The third-order valence-electron chi connectivity index (χ3n) is 4.41. The lowest BCUT2D eigenvalue weighted by atomic mass is 10.1. The van der Waals surface area contributed by atoms with Gasteiger partial charge in [0.05, 0.1) is 19.7 Å². The third-order valence-corrected chi connectivity index (χ3v) is 4.41. The Hall–Kier alpha value is -3.82. The number of hydrogen-bond acceptors (Lipinski definition) is 6. The molecule has 0 saturated heterocycles. The van der Waals surface area contributed by atoms with Crippen molar-refractivity contribution in [2.24, 2.45) is 0 Å². The quantitative estimate of drug-likeness (QED) is 0.418. The second-order valence-corrected chi connectivity index (χ2v) is 6.51. The Labute approximate surface area is 172 Å². The van der Waals surface area contributed by atoms with Crippen molar-refractivity contribution >= 4 is 28.8 Å². The molecule has 4 N–H and O–H groups in total. The molecule has 3 aromatic rings. The first kappa shape index (κ1) is 20.9. The minimum atomic E-state index is -0.370. The molecular weight excluding hydrogens is 390 g/mol. The van der Waals surface area contributed by atoms with Crippen molar-refractivity contribution in [3.8, 4) is 11.5 Å². The Morgan fingerprint density at radius 1 is 1.00 bits per heavy atom. The van der Waals surface area contributed by atoms with Gasteiger partial charge in [-0.15, -0.1) is 0 Å². The summed E-state index contributed by atoms with van der Waals surface area (Å²) in [6.45, 7) is 0.439. The number of methoxy groups -OCH3 is 2. The number of carbonyl (C=O) groups is 2. The van der Waals surface area contributed by atoms with Crippen molar-refractivity contribution in [2.75, 3.05) is 26.1 Å². The number of aromatic amines is 2. The summed E-state index contributed by atoms with van der Waals surface area (Å²) in [7, 11) is 3.14. The summed E-state index contributed by atoms with van der Waals surface area (Å²) in [6.07, 6.45) is 0.698. The second kappa shape index (κ2) is 9.59. The first-order valence-corrected chi connectivity index (χ1v) is 9.35. The van der Waals surface area contributed by atoms with Crippen LogP contribution in [-0.4, -0.2) is 47.5 Å². The molecule has 0 saturated carbocycles. The number of anilines is 1. The summed E-state index contributed by atoms with van der Waals surface area (Å²) in [5, 5.41) is 5.41. The number of ether oxygens (including phenoxy) is 2. The number of rotatable bonds is 9. The lowest BCUT2D eigenvalue weighted by Gasteiger charge is -2.10. The molecule has 0 spiro atoms. The van der Waals surface area contributed by atoms with Gasteiger partial charge in [0.2, 0.25) is 11.8 Å². The molecule has 10 heteroatoms. The summed E-state index contributed by atoms with van der Waals surface area (Å²) in [5.41, 5.74) is 1.53. The minimum Gasteiger partial charge on any atom is -0.493 e. The van der Waals surface area contributed by atoms with Crippen molar-refractivity contribution in [1.29, 1.82) is 0 Å². The van der Waals surface area contributed by atoms with Crippen molar-refractivity contribution in [3.63, 3.8) is 0 Å². The van der Waals surface area contributed by atoms with Gasteiger partial charge in [-0.25, -0.2) is 9.78 Å². The van der Waals surface area contributed by atoms with Gasteiger partial charge in [0.1, 0.15) is 5.82 Å². The number of pyridine rings is 1. The summed E-state index contributed by atoms with van der Waals surface area (Å²) in [4.78, 5) is 44.5. The predicted molar refractivity (Wildman–Crippen MR) is 111 cm³/mol. The third kappa shape index (κ3) is 5.37. The highest BCUT2D eigenvalue weighted by Crippen LogP contribution is 2.27. The van der Waals surface area contributed by atoms with Gasteiger partial charge in [-0.3, -0.25) is 14.6 Å². The number of fused-ring (bicyclic) bond motifs is 1. The van der Waals surface area contributed by atoms with E-state index in [4.69, 9.17) is 9.47 Å². The van der Waals surface area contributed by atoms with Crippen LogP contribution in [0.25, 0.3) is 11.2 Å². The first-order valence-electron chi connectivity index (χ1n) is 9.35. The number of nitrogens with one attached hydrogen (secondary N) is 4. The molecule has 2 heterocycles. The van der Waals surface area contributed by atoms with E-state index in [1.165, 1.54) is 0 Å². The molecule has 0 aliphatic carbocycles. The van der Waals surface area contributed by atoms with E-state index in [0.717, 1.165) is 5.56 Å². The summed E-state index contributed by atoms with van der Waals surface area (Å²) < 4.78 is 10.5. The Morgan fingerprint density at radius 3 is 2.53 bits per heavy atom. The Kier molecular flexibility index (Phi) is 6.68. The van der Waals surface area contributed by atoms with Crippen molar-refractivity contribution in [3.05, 3.63) is 46.4 Å². The van der Waals surface area contributed by atoms with Crippen LogP contribution in [0.4, 0.5) is 5.82 Å². The predicted octanol–water partition coefficient (Wildman–Crippen LogP) is 1.35. The maximum absolute atomic E-state index is 12.0. The van der Waals surface area contributed by atoms with Crippen molar-refractivity contribution in [2.45, 2.75) is 19.3 Å². The zero-order chi connectivity index (χ0) is 21.5. The fourth-order valence-corrected chi connectivity index (χ4v) is 2.89. The Bertz CT molecular complexity index is 1100. The SMILES string of the molecule is COc1ccc(CCNC(=O)CCC(=O)Nc2ccc3[nH]c(=O)[nH]c3n2)cc1OC. The lowest BCUT2D eigenvalue weighted by molar-refractivity contribution is -0.124. The molecule has 0 atom stereocenters. The van der Waals surface area contributed by atoms with E-state index in [9.17, 15) is 14.4 Å². The summed E-state index contributed by atoms with van der Waals surface area (Å²) in [6, 6.07) is 8.79. The number of carbonyl (C=O) groups excluding carboxylic acids is 2. The molecule has 3 rings (SSSR count). The van der Waals surface area contributed by atoms with Crippen molar-refractivity contribution in [1.82, 2.24) is 20.3 Å².